The topological polar surface area (TPSA) is 49.3 Å². The highest BCUT2D eigenvalue weighted by molar-refractivity contribution is 9.09. The molecule has 1 aromatic rings. The number of carbonyl (C=O) groups excluding carboxylic acids is 1. The van der Waals surface area contributed by atoms with Gasteiger partial charge in [0.05, 0.1) is 5.56 Å². The van der Waals surface area contributed by atoms with E-state index >= 15 is 0 Å². The Hall–Kier alpha value is -1.10. The fourth-order valence-electron chi connectivity index (χ4n) is 1.26. The van der Waals surface area contributed by atoms with Gasteiger partial charge in [-0.3, -0.25) is 4.79 Å². The largest absolute Gasteiger partial charge is 0.507 e. The van der Waals surface area contributed by atoms with Crippen molar-refractivity contribution in [3.63, 3.8) is 0 Å². The van der Waals surface area contributed by atoms with Gasteiger partial charge in [-0.25, -0.2) is 4.39 Å². The molecule has 0 saturated heterocycles. The summed E-state index contributed by atoms with van der Waals surface area (Å²) in [5.41, 5.74) is 0.0834. The van der Waals surface area contributed by atoms with Gasteiger partial charge in [0, 0.05) is 17.4 Å². The molecule has 94 valence electrons. The van der Waals surface area contributed by atoms with E-state index < -0.39 is 11.7 Å². The van der Waals surface area contributed by atoms with Crippen LogP contribution in [0.3, 0.4) is 0 Å². The molecule has 0 aliphatic heterocycles. The number of hydrogen-bond donors (Lipinski definition) is 2. The Morgan fingerprint density at radius 1 is 1.53 bits per heavy atom. The van der Waals surface area contributed by atoms with Crippen molar-refractivity contribution in [2.45, 2.75) is 19.9 Å². The Labute approximate surface area is 108 Å². The van der Waals surface area contributed by atoms with Gasteiger partial charge in [0.2, 0.25) is 0 Å². The van der Waals surface area contributed by atoms with Crippen molar-refractivity contribution in [3.8, 4) is 5.75 Å². The van der Waals surface area contributed by atoms with Crippen LogP contribution >= 0.6 is 15.9 Å². The van der Waals surface area contributed by atoms with Crippen LogP contribution in [-0.4, -0.2) is 22.4 Å². The monoisotopic (exact) mass is 303 g/mol. The van der Waals surface area contributed by atoms with Crippen LogP contribution in [0.2, 0.25) is 0 Å². The fraction of sp³-hybridized carbons (Fsp3) is 0.417. The molecule has 2 unspecified atom stereocenters. The molecule has 0 aliphatic carbocycles. The third-order valence-electron chi connectivity index (χ3n) is 2.66. The first-order valence-corrected chi connectivity index (χ1v) is 6.43. The molecule has 17 heavy (non-hydrogen) atoms. The van der Waals surface area contributed by atoms with E-state index in [1.54, 1.807) is 0 Å². The summed E-state index contributed by atoms with van der Waals surface area (Å²) >= 11 is 3.34. The van der Waals surface area contributed by atoms with Crippen LogP contribution in [0.5, 0.6) is 5.75 Å². The van der Waals surface area contributed by atoms with Crippen molar-refractivity contribution in [1.29, 1.82) is 0 Å². The smallest absolute Gasteiger partial charge is 0.255 e. The summed E-state index contributed by atoms with van der Waals surface area (Å²) in [5, 5.41) is 13.0. The summed E-state index contributed by atoms with van der Waals surface area (Å²) in [5.74, 6) is -1.05. The van der Waals surface area contributed by atoms with E-state index in [-0.39, 0.29) is 23.3 Å². The summed E-state index contributed by atoms with van der Waals surface area (Å²) in [4.78, 5) is 11.8. The van der Waals surface area contributed by atoms with Gasteiger partial charge in [-0.15, -0.1) is 0 Å². The third-order valence-corrected chi connectivity index (χ3v) is 3.68. The molecule has 3 nitrogen and oxygen atoms in total. The molecule has 5 heteroatoms. The number of benzene rings is 1. The normalized spacial score (nSPS) is 14.1. The van der Waals surface area contributed by atoms with Crippen molar-refractivity contribution < 1.29 is 14.3 Å². The lowest BCUT2D eigenvalue weighted by Gasteiger charge is -2.19. The van der Waals surface area contributed by atoms with E-state index in [0.29, 0.717) is 0 Å². The molecule has 0 fully saturated rings. The Morgan fingerprint density at radius 2 is 2.18 bits per heavy atom. The van der Waals surface area contributed by atoms with Gasteiger partial charge in [0.25, 0.3) is 5.91 Å². The van der Waals surface area contributed by atoms with E-state index in [4.69, 9.17) is 0 Å². The zero-order chi connectivity index (χ0) is 13.0. The standard InChI is InChI=1S/C12H15BrFNO2/c1-7(6-13)8(2)15-12(17)10-4-3-9(14)5-11(10)16/h3-5,7-8,16H,6H2,1-2H3,(H,15,17). The van der Waals surface area contributed by atoms with E-state index in [2.05, 4.69) is 21.2 Å². The number of nitrogens with one attached hydrogen (secondary N) is 1. The number of halogens is 2. The molecule has 0 aliphatic rings. The molecule has 0 bridgehead atoms. The summed E-state index contributed by atoms with van der Waals surface area (Å²) in [6, 6.07) is 3.30. The number of amides is 1. The molecule has 0 radical (unpaired) electrons. The fourth-order valence-corrected chi connectivity index (χ4v) is 1.82. The number of aromatic hydroxyl groups is 1. The second-order valence-electron chi connectivity index (χ2n) is 4.06. The third kappa shape index (κ3) is 3.70. The maximum atomic E-state index is 12.8. The second-order valence-corrected chi connectivity index (χ2v) is 4.70. The van der Waals surface area contributed by atoms with Gasteiger partial charge < -0.3 is 10.4 Å². The van der Waals surface area contributed by atoms with E-state index in [0.717, 1.165) is 17.5 Å². The molecule has 2 atom stereocenters. The Balaban J connectivity index is 2.76. The number of alkyl halides is 1. The maximum Gasteiger partial charge on any atom is 0.255 e. The van der Waals surface area contributed by atoms with Crippen LogP contribution in [0.1, 0.15) is 24.2 Å². The number of hydrogen-bond acceptors (Lipinski definition) is 2. The number of phenols is 1. The summed E-state index contributed by atoms with van der Waals surface area (Å²) < 4.78 is 12.8. The van der Waals surface area contributed by atoms with Crippen molar-refractivity contribution in [2.24, 2.45) is 5.92 Å². The molecule has 2 N–H and O–H groups in total. The minimum atomic E-state index is -0.569. The molecule has 0 aromatic heterocycles. The maximum absolute atomic E-state index is 12.8. The van der Waals surface area contributed by atoms with Gasteiger partial charge in [-0.1, -0.05) is 22.9 Å². The molecule has 1 amide bonds. The van der Waals surface area contributed by atoms with E-state index in [1.807, 2.05) is 13.8 Å². The SMILES string of the molecule is CC(CBr)C(C)NC(=O)c1ccc(F)cc1O. The Morgan fingerprint density at radius 3 is 2.71 bits per heavy atom. The van der Waals surface area contributed by atoms with Gasteiger partial charge in [0.1, 0.15) is 11.6 Å². The quantitative estimate of drug-likeness (QED) is 0.840. The predicted molar refractivity (Wildman–Crippen MR) is 68.0 cm³/mol. The lowest BCUT2D eigenvalue weighted by atomic mass is 10.1. The second kappa shape index (κ2) is 6.00. The molecular weight excluding hydrogens is 289 g/mol. The average Bonchev–Trinajstić information content (AvgIpc) is 2.27. The summed E-state index contributed by atoms with van der Waals surface area (Å²) in [7, 11) is 0. The first-order valence-electron chi connectivity index (χ1n) is 5.31. The average molecular weight is 304 g/mol. The van der Waals surface area contributed by atoms with Crippen molar-refractivity contribution in [3.05, 3.63) is 29.6 Å². The Bertz CT molecular complexity index is 411. The molecule has 0 saturated carbocycles. The van der Waals surface area contributed by atoms with Crippen molar-refractivity contribution in [1.82, 2.24) is 5.32 Å². The first kappa shape index (κ1) is 14.0. The highest BCUT2D eigenvalue weighted by Crippen LogP contribution is 2.18. The highest BCUT2D eigenvalue weighted by Gasteiger charge is 2.17. The van der Waals surface area contributed by atoms with Crippen LogP contribution in [0.15, 0.2) is 18.2 Å². The lowest BCUT2D eigenvalue weighted by molar-refractivity contribution is 0.0928. The molecule has 1 rings (SSSR count). The van der Waals surface area contributed by atoms with Crippen LogP contribution < -0.4 is 5.32 Å². The van der Waals surface area contributed by atoms with E-state index in [1.165, 1.54) is 6.07 Å². The van der Waals surface area contributed by atoms with Gasteiger partial charge >= 0.3 is 0 Å². The zero-order valence-corrected chi connectivity index (χ0v) is 11.3. The van der Waals surface area contributed by atoms with Crippen LogP contribution in [0.4, 0.5) is 4.39 Å². The van der Waals surface area contributed by atoms with Crippen LogP contribution in [0.25, 0.3) is 0 Å². The van der Waals surface area contributed by atoms with Gasteiger partial charge in [0.15, 0.2) is 0 Å². The number of carbonyl (C=O) groups is 1. The highest BCUT2D eigenvalue weighted by atomic mass is 79.9. The molecule has 0 heterocycles. The minimum absolute atomic E-state index is 0.0358. The summed E-state index contributed by atoms with van der Waals surface area (Å²) in [6.07, 6.45) is 0. The summed E-state index contributed by atoms with van der Waals surface area (Å²) in [6.45, 7) is 3.87. The number of rotatable bonds is 4. The van der Waals surface area contributed by atoms with Crippen LogP contribution in [0, 0.1) is 11.7 Å². The predicted octanol–water partition coefficient (Wildman–Crippen LogP) is 2.68. The van der Waals surface area contributed by atoms with E-state index in [9.17, 15) is 14.3 Å². The van der Waals surface area contributed by atoms with Crippen molar-refractivity contribution in [2.75, 3.05) is 5.33 Å². The van der Waals surface area contributed by atoms with Crippen molar-refractivity contribution >= 4 is 21.8 Å². The number of phenolic OH excluding ortho intramolecular Hbond substituents is 1. The van der Waals surface area contributed by atoms with Gasteiger partial charge in [-0.05, 0) is 25.0 Å². The Kier molecular flexibility index (Phi) is 4.93. The molecule has 0 spiro atoms. The zero-order valence-electron chi connectivity index (χ0n) is 9.71. The van der Waals surface area contributed by atoms with Crippen LogP contribution in [-0.2, 0) is 0 Å². The molecular formula is C12H15BrFNO2. The minimum Gasteiger partial charge on any atom is -0.507 e. The molecule has 1 aromatic carbocycles. The lowest BCUT2D eigenvalue weighted by Crippen LogP contribution is -2.37. The first-order chi connectivity index (χ1) is 7.95. The van der Waals surface area contributed by atoms with Gasteiger partial charge in [-0.2, -0.15) is 0 Å².